The molecule has 5 rings (SSSR count). The third-order valence-electron chi connectivity index (χ3n) is 6.81. The highest BCUT2D eigenvalue weighted by molar-refractivity contribution is 7.07. The zero-order valence-electron chi connectivity index (χ0n) is 24.1. The molecule has 0 saturated heterocycles. The summed E-state index contributed by atoms with van der Waals surface area (Å²) in [5, 5.41) is 9.58. The van der Waals surface area contributed by atoms with Gasteiger partial charge in [-0.25, -0.2) is 14.6 Å². The number of nitrogens with zero attached hydrogens (tertiary/aromatic N) is 2. The molecule has 3 heterocycles. The normalized spacial score (nSPS) is 14.7. The van der Waals surface area contributed by atoms with Gasteiger partial charge in [0.05, 0.1) is 41.7 Å². The minimum Gasteiger partial charge on any atom is -0.493 e. The van der Waals surface area contributed by atoms with Crippen molar-refractivity contribution in [1.82, 2.24) is 4.57 Å². The Bertz CT molecular complexity index is 1910. The van der Waals surface area contributed by atoms with Gasteiger partial charge in [0.1, 0.15) is 17.6 Å². The molecule has 1 aliphatic heterocycles. The van der Waals surface area contributed by atoms with Gasteiger partial charge in [-0.05, 0) is 44.5 Å². The maximum absolute atomic E-state index is 14.1. The molecule has 0 radical (unpaired) electrons. The Kier molecular flexibility index (Phi) is 8.63. The zero-order chi connectivity index (χ0) is 30.7. The molecule has 2 aromatic heterocycles. The number of aromatic nitrogens is 1. The van der Waals surface area contributed by atoms with Crippen molar-refractivity contribution in [2.75, 3.05) is 20.3 Å². The number of rotatable bonds is 10. The van der Waals surface area contributed by atoms with Crippen LogP contribution in [0.3, 0.4) is 0 Å². The van der Waals surface area contributed by atoms with Crippen molar-refractivity contribution in [3.63, 3.8) is 0 Å². The largest absolute Gasteiger partial charge is 0.493 e. The summed E-state index contributed by atoms with van der Waals surface area (Å²) in [5.41, 5.74) is 1.33. The summed E-state index contributed by atoms with van der Waals surface area (Å²) >= 11 is 1.15. The van der Waals surface area contributed by atoms with Crippen molar-refractivity contribution in [3.8, 4) is 22.8 Å². The van der Waals surface area contributed by atoms with Crippen LogP contribution in [0, 0.1) is 0 Å². The van der Waals surface area contributed by atoms with Crippen LogP contribution >= 0.6 is 11.3 Å². The summed E-state index contributed by atoms with van der Waals surface area (Å²) in [6, 6.07) is 14.3. The number of aromatic carboxylic acids is 1. The van der Waals surface area contributed by atoms with Gasteiger partial charge in [-0.15, -0.1) is 0 Å². The third-order valence-corrected chi connectivity index (χ3v) is 7.80. The molecular weight excluding hydrogens is 572 g/mol. The molecule has 0 aliphatic carbocycles. The molecule has 11 heteroatoms. The van der Waals surface area contributed by atoms with Crippen LogP contribution < -0.4 is 24.4 Å². The van der Waals surface area contributed by atoms with Crippen molar-refractivity contribution in [2.45, 2.75) is 33.2 Å². The van der Waals surface area contributed by atoms with Crippen molar-refractivity contribution in [3.05, 3.63) is 102 Å². The minimum atomic E-state index is -1.07. The number of esters is 1. The number of thiazole rings is 1. The highest BCUT2D eigenvalue weighted by Gasteiger charge is 2.36. The van der Waals surface area contributed by atoms with Crippen molar-refractivity contribution >= 4 is 29.4 Å². The van der Waals surface area contributed by atoms with Crippen LogP contribution in [0.5, 0.6) is 11.5 Å². The number of ether oxygens (including phenoxy) is 3. The molecule has 0 unspecified atom stereocenters. The summed E-state index contributed by atoms with van der Waals surface area (Å²) in [6.07, 6.45) is 2.32. The molecule has 10 nitrogen and oxygen atoms in total. The molecule has 0 amide bonds. The van der Waals surface area contributed by atoms with Gasteiger partial charge in [0.15, 0.2) is 16.3 Å². The molecule has 222 valence electrons. The maximum atomic E-state index is 14.1. The molecule has 1 aliphatic rings. The molecule has 4 aromatic rings. The number of carboxylic acids is 1. The Hall–Kier alpha value is -4.90. The fourth-order valence-corrected chi connectivity index (χ4v) is 5.97. The van der Waals surface area contributed by atoms with Crippen LogP contribution in [0.2, 0.25) is 0 Å². The molecule has 0 spiro atoms. The smallest absolute Gasteiger partial charge is 0.338 e. The molecule has 43 heavy (non-hydrogen) atoms. The Balaban J connectivity index is 1.69. The number of methoxy groups -OCH3 is 1. The van der Waals surface area contributed by atoms with E-state index in [0.29, 0.717) is 55.8 Å². The minimum absolute atomic E-state index is 0.101. The lowest BCUT2D eigenvalue weighted by atomic mass is 9.94. The quantitative estimate of drug-likeness (QED) is 0.262. The van der Waals surface area contributed by atoms with E-state index in [0.717, 1.165) is 17.8 Å². The first kappa shape index (κ1) is 29.6. The van der Waals surface area contributed by atoms with E-state index in [1.165, 1.54) is 17.7 Å². The number of para-hydroxylation sites is 1. The molecule has 1 atom stereocenters. The molecule has 0 bridgehead atoms. The number of allylic oxidation sites excluding steroid dienone is 1. The first-order chi connectivity index (χ1) is 20.8. The van der Waals surface area contributed by atoms with Crippen molar-refractivity contribution in [2.24, 2.45) is 4.99 Å². The number of carboxylic acid groups (broad SMARTS) is 1. The fraction of sp³-hybridized carbons (Fsp3) is 0.250. The van der Waals surface area contributed by atoms with E-state index in [2.05, 4.69) is 4.99 Å². The van der Waals surface area contributed by atoms with Crippen LogP contribution in [0.15, 0.2) is 80.1 Å². The number of furan rings is 1. The van der Waals surface area contributed by atoms with Gasteiger partial charge in [0.25, 0.3) is 5.56 Å². The monoisotopic (exact) mass is 602 g/mol. The Morgan fingerprint density at radius 2 is 1.91 bits per heavy atom. The number of benzene rings is 2. The Morgan fingerprint density at radius 3 is 2.63 bits per heavy atom. The van der Waals surface area contributed by atoms with Crippen LogP contribution in [-0.4, -0.2) is 41.9 Å². The predicted octanol–water partition coefficient (Wildman–Crippen LogP) is 4.55. The van der Waals surface area contributed by atoms with Gasteiger partial charge in [-0.2, -0.15) is 0 Å². The fourth-order valence-electron chi connectivity index (χ4n) is 4.94. The topological polar surface area (TPSA) is 130 Å². The zero-order valence-corrected chi connectivity index (χ0v) is 24.9. The van der Waals surface area contributed by atoms with E-state index in [1.807, 2.05) is 6.92 Å². The van der Waals surface area contributed by atoms with Gasteiger partial charge in [-0.1, -0.05) is 48.6 Å². The van der Waals surface area contributed by atoms with Gasteiger partial charge in [0, 0.05) is 17.2 Å². The third kappa shape index (κ3) is 5.63. The molecule has 0 saturated carbocycles. The van der Waals surface area contributed by atoms with Crippen LogP contribution in [0.25, 0.3) is 17.4 Å². The summed E-state index contributed by atoms with van der Waals surface area (Å²) < 4.78 is 24.8. The second kappa shape index (κ2) is 12.5. The summed E-state index contributed by atoms with van der Waals surface area (Å²) in [7, 11) is 1.53. The molecule has 2 aromatic carbocycles. The number of fused-ring (bicyclic) bond motifs is 1. The summed E-state index contributed by atoms with van der Waals surface area (Å²) in [4.78, 5) is 44.1. The van der Waals surface area contributed by atoms with E-state index in [1.54, 1.807) is 68.5 Å². The lowest BCUT2D eigenvalue weighted by Crippen LogP contribution is -2.40. The van der Waals surface area contributed by atoms with Crippen LogP contribution in [0.4, 0.5) is 0 Å². The standard InChI is InChI=1S/C32H30N2O8S/c1-5-16-41-28-22(12-9-13-24(28)39-4)27-26(31(38)40-6-2)18(3)33-32-34(27)29(35)25(43-32)17-19-14-15-23(42-19)20-10-7-8-11-21(20)30(36)37/h7-15,17,27H,5-6,16H2,1-4H3,(H,36,37)/b25-17+/t27-/m1/s1. The van der Waals surface area contributed by atoms with Crippen molar-refractivity contribution in [1.29, 1.82) is 0 Å². The first-order valence-electron chi connectivity index (χ1n) is 13.7. The molecule has 0 fully saturated rings. The highest BCUT2D eigenvalue weighted by atomic mass is 32.1. The lowest BCUT2D eigenvalue weighted by Gasteiger charge is -2.27. The highest BCUT2D eigenvalue weighted by Crippen LogP contribution is 2.41. The van der Waals surface area contributed by atoms with Gasteiger partial charge in [0.2, 0.25) is 0 Å². The Morgan fingerprint density at radius 1 is 1.12 bits per heavy atom. The van der Waals surface area contributed by atoms with E-state index < -0.39 is 23.5 Å². The van der Waals surface area contributed by atoms with Gasteiger partial charge >= 0.3 is 11.9 Å². The predicted molar refractivity (Wildman–Crippen MR) is 160 cm³/mol. The first-order valence-corrected chi connectivity index (χ1v) is 14.5. The maximum Gasteiger partial charge on any atom is 0.338 e. The number of hydrogen-bond acceptors (Lipinski definition) is 9. The second-order valence-electron chi connectivity index (χ2n) is 9.58. The lowest BCUT2D eigenvalue weighted by molar-refractivity contribution is -0.139. The van der Waals surface area contributed by atoms with E-state index in [-0.39, 0.29) is 17.7 Å². The Labute approximate surface area is 250 Å². The van der Waals surface area contributed by atoms with Gasteiger partial charge < -0.3 is 23.7 Å². The number of carbonyl (C=O) groups excluding carboxylic acids is 1. The average molecular weight is 603 g/mol. The number of hydrogen-bond donors (Lipinski definition) is 1. The average Bonchev–Trinajstić information content (AvgIpc) is 3.59. The van der Waals surface area contributed by atoms with Gasteiger partial charge in [-0.3, -0.25) is 9.36 Å². The van der Waals surface area contributed by atoms with Crippen LogP contribution in [0.1, 0.15) is 54.9 Å². The van der Waals surface area contributed by atoms with E-state index >= 15 is 0 Å². The van der Waals surface area contributed by atoms with E-state index in [4.69, 9.17) is 18.6 Å². The summed E-state index contributed by atoms with van der Waals surface area (Å²) in [5.74, 6) is -0.0583. The van der Waals surface area contributed by atoms with E-state index in [9.17, 15) is 19.5 Å². The summed E-state index contributed by atoms with van der Waals surface area (Å²) in [6.45, 7) is 5.95. The number of carbonyl (C=O) groups is 2. The van der Waals surface area contributed by atoms with Crippen LogP contribution in [-0.2, 0) is 9.53 Å². The SMILES string of the molecule is CCCOc1c(OC)cccc1[C@@H]1C(C(=O)OCC)=C(C)N=c2s/c(=C/c3ccc(-c4ccccc4C(=O)O)o3)c(=O)n21. The molecular formula is C32H30N2O8S. The molecule has 1 N–H and O–H groups in total. The second-order valence-corrected chi connectivity index (χ2v) is 10.6. The van der Waals surface area contributed by atoms with Crippen molar-refractivity contribution < 1.29 is 33.3 Å².